The van der Waals surface area contributed by atoms with E-state index in [9.17, 15) is 9.59 Å². The minimum atomic E-state index is 0.119. The van der Waals surface area contributed by atoms with Crippen LogP contribution < -0.4 is 5.32 Å². The molecule has 4 rings (SSSR count). The first-order chi connectivity index (χ1) is 14.0. The number of aryl methyl sites for hydroxylation is 1. The highest BCUT2D eigenvalue weighted by molar-refractivity contribution is 5.85. The van der Waals surface area contributed by atoms with E-state index in [1.165, 1.54) is 22.2 Å². The Balaban J connectivity index is 1.26. The van der Waals surface area contributed by atoms with Crippen LogP contribution in [-0.4, -0.2) is 65.4 Å². The van der Waals surface area contributed by atoms with Crippen molar-refractivity contribution in [3.63, 3.8) is 0 Å². The summed E-state index contributed by atoms with van der Waals surface area (Å²) in [5, 5.41) is 4.52. The van der Waals surface area contributed by atoms with Crippen LogP contribution in [0.15, 0.2) is 24.3 Å². The Labute approximate surface area is 172 Å². The molecule has 0 bridgehead atoms. The number of carbonyl (C=O) groups excluding carboxylic acids is 2. The number of nitrogens with zero attached hydrogens (tertiary/aromatic N) is 2. The predicted molar refractivity (Wildman–Crippen MR) is 115 cm³/mol. The molecule has 2 fully saturated rings. The van der Waals surface area contributed by atoms with Crippen LogP contribution >= 0.6 is 0 Å². The molecule has 0 radical (unpaired) electrons. The Bertz CT molecular complexity index is 874. The molecule has 2 amide bonds. The number of benzene rings is 1. The topological polar surface area (TPSA) is 68.4 Å². The fourth-order valence-electron chi connectivity index (χ4n) is 5.02. The summed E-state index contributed by atoms with van der Waals surface area (Å²) >= 11 is 0. The van der Waals surface area contributed by atoms with Crippen LogP contribution in [0, 0.1) is 6.92 Å². The zero-order valence-electron chi connectivity index (χ0n) is 17.5. The number of aromatic nitrogens is 1. The zero-order valence-corrected chi connectivity index (χ0v) is 17.5. The minimum Gasteiger partial charge on any atom is -0.358 e. The second-order valence-electron chi connectivity index (χ2n) is 8.61. The molecule has 6 nitrogen and oxygen atoms in total. The number of H-pyrrole nitrogens is 1. The molecule has 0 saturated carbocycles. The van der Waals surface area contributed by atoms with Gasteiger partial charge in [-0.25, -0.2) is 0 Å². The standard InChI is InChI=1S/C23H32N4O2/c1-16-23(20-5-3-4-6-21(20)24-16)18-7-11-26(12-8-18)15-22(29)25-19-9-13-27(14-10-19)17(2)28/h3-6,18-19,24H,7-15H2,1-2H3,(H,25,29). The third-order valence-electron chi connectivity index (χ3n) is 6.61. The first kappa shape index (κ1) is 20.0. The molecule has 1 aromatic heterocycles. The lowest BCUT2D eigenvalue weighted by Gasteiger charge is -2.34. The average molecular weight is 397 g/mol. The number of aromatic amines is 1. The molecule has 1 aromatic carbocycles. The van der Waals surface area contributed by atoms with Crippen molar-refractivity contribution in [2.24, 2.45) is 0 Å². The number of hydrogen-bond acceptors (Lipinski definition) is 3. The van der Waals surface area contributed by atoms with E-state index in [1.54, 1.807) is 6.92 Å². The number of nitrogens with one attached hydrogen (secondary N) is 2. The van der Waals surface area contributed by atoms with Gasteiger partial charge in [-0.2, -0.15) is 0 Å². The summed E-state index contributed by atoms with van der Waals surface area (Å²) in [6, 6.07) is 8.74. The van der Waals surface area contributed by atoms with Gasteiger partial charge in [-0.15, -0.1) is 0 Å². The van der Waals surface area contributed by atoms with Gasteiger partial charge in [0.15, 0.2) is 0 Å². The van der Waals surface area contributed by atoms with Crippen molar-refractivity contribution >= 4 is 22.7 Å². The molecule has 2 aliphatic heterocycles. The third-order valence-corrected chi connectivity index (χ3v) is 6.61. The van der Waals surface area contributed by atoms with Crippen LogP contribution in [0.25, 0.3) is 10.9 Å². The highest BCUT2D eigenvalue weighted by Gasteiger charge is 2.27. The van der Waals surface area contributed by atoms with Crippen molar-refractivity contribution in [1.82, 2.24) is 20.1 Å². The monoisotopic (exact) mass is 396 g/mol. The maximum atomic E-state index is 12.5. The van der Waals surface area contributed by atoms with E-state index in [1.807, 2.05) is 4.90 Å². The zero-order chi connectivity index (χ0) is 20.4. The van der Waals surface area contributed by atoms with Crippen LogP contribution in [0.1, 0.15) is 49.8 Å². The number of hydrogen-bond donors (Lipinski definition) is 2. The Kier molecular flexibility index (Phi) is 5.90. The predicted octanol–water partition coefficient (Wildman–Crippen LogP) is 2.78. The molecule has 29 heavy (non-hydrogen) atoms. The highest BCUT2D eigenvalue weighted by atomic mass is 16.2. The smallest absolute Gasteiger partial charge is 0.234 e. The summed E-state index contributed by atoms with van der Waals surface area (Å²) in [7, 11) is 0. The summed E-state index contributed by atoms with van der Waals surface area (Å²) in [6.07, 6.45) is 3.89. The Morgan fingerprint density at radius 3 is 2.45 bits per heavy atom. The van der Waals surface area contributed by atoms with Crippen LogP contribution in [-0.2, 0) is 9.59 Å². The third kappa shape index (κ3) is 4.47. The molecule has 2 aromatic rings. The number of likely N-dealkylation sites (tertiary alicyclic amines) is 2. The fourth-order valence-corrected chi connectivity index (χ4v) is 5.02. The lowest BCUT2D eigenvalue weighted by molar-refractivity contribution is -0.130. The second kappa shape index (κ2) is 8.57. The summed E-state index contributed by atoms with van der Waals surface area (Å²) in [4.78, 5) is 31.6. The number of rotatable bonds is 4. The van der Waals surface area contributed by atoms with Crippen LogP contribution in [0.4, 0.5) is 0 Å². The number of fused-ring (bicyclic) bond motifs is 1. The maximum Gasteiger partial charge on any atom is 0.234 e. The van der Waals surface area contributed by atoms with Gasteiger partial charge in [0.1, 0.15) is 0 Å². The van der Waals surface area contributed by atoms with Crippen molar-refractivity contribution in [3.05, 3.63) is 35.5 Å². The van der Waals surface area contributed by atoms with Crippen molar-refractivity contribution in [3.8, 4) is 0 Å². The van der Waals surface area contributed by atoms with E-state index in [4.69, 9.17) is 0 Å². The van der Waals surface area contributed by atoms with Crippen LogP contribution in [0.2, 0.25) is 0 Å². The Hall–Kier alpha value is -2.34. The van der Waals surface area contributed by atoms with Gasteiger partial charge in [0.25, 0.3) is 0 Å². The van der Waals surface area contributed by atoms with E-state index < -0.39 is 0 Å². The molecule has 2 aliphatic rings. The normalized spacial score (nSPS) is 19.6. The number of amides is 2. The maximum absolute atomic E-state index is 12.5. The molecular weight excluding hydrogens is 364 g/mol. The summed E-state index contributed by atoms with van der Waals surface area (Å²) in [6.45, 7) is 7.67. The van der Waals surface area contributed by atoms with Crippen molar-refractivity contribution < 1.29 is 9.59 Å². The van der Waals surface area contributed by atoms with Gasteiger partial charge < -0.3 is 15.2 Å². The van der Waals surface area contributed by atoms with Crippen molar-refractivity contribution in [2.45, 2.75) is 51.5 Å². The van der Waals surface area contributed by atoms with Crippen LogP contribution in [0.3, 0.4) is 0 Å². The molecule has 2 saturated heterocycles. The largest absolute Gasteiger partial charge is 0.358 e. The quantitative estimate of drug-likeness (QED) is 0.835. The fraction of sp³-hybridized carbons (Fsp3) is 0.565. The summed E-state index contributed by atoms with van der Waals surface area (Å²) < 4.78 is 0. The van der Waals surface area contributed by atoms with Crippen LogP contribution in [0.5, 0.6) is 0 Å². The number of carbonyl (C=O) groups is 2. The van der Waals surface area contributed by atoms with E-state index >= 15 is 0 Å². The van der Waals surface area contributed by atoms with Gasteiger partial charge in [0, 0.05) is 42.7 Å². The van der Waals surface area contributed by atoms with Gasteiger partial charge in [-0.3, -0.25) is 14.5 Å². The molecule has 156 valence electrons. The lowest BCUT2D eigenvalue weighted by Crippen LogP contribution is -2.49. The molecule has 0 unspecified atom stereocenters. The molecular formula is C23H32N4O2. The molecule has 2 N–H and O–H groups in total. The highest BCUT2D eigenvalue weighted by Crippen LogP contribution is 2.35. The second-order valence-corrected chi connectivity index (χ2v) is 8.61. The van der Waals surface area contributed by atoms with Gasteiger partial charge in [-0.05, 0) is 63.2 Å². The summed E-state index contributed by atoms with van der Waals surface area (Å²) in [5.74, 6) is 0.803. The van der Waals surface area contributed by atoms with Gasteiger partial charge >= 0.3 is 0 Å². The van der Waals surface area contributed by atoms with Crippen molar-refractivity contribution in [1.29, 1.82) is 0 Å². The molecule has 0 atom stereocenters. The first-order valence-corrected chi connectivity index (χ1v) is 10.9. The minimum absolute atomic E-state index is 0.119. The average Bonchev–Trinajstić information content (AvgIpc) is 3.04. The van der Waals surface area contributed by atoms with Gasteiger partial charge in [0.05, 0.1) is 6.54 Å². The van der Waals surface area contributed by atoms with E-state index in [2.05, 4.69) is 46.4 Å². The molecule has 0 spiro atoms. The Morgan fingerprint density at radius 1 is 1.07 bits per heavy atom. The molecule has 6 heteroatoms. The summed E-state index contributed by atoms with van der Waals surface area (Å²) in [5.41, 5.74) is 3.96. The Morgan fingerprint density at radius 2 is 1.76 bits per heavy atom. The van der Waals surface area contributed by atoms with E-state index in [-0.39, 0.29) is 17.9 Å². The van der Waals surface area contributed by atoms with Gasteiger partial charge in [-0.1, -0.05) is 18.2 Å². The SMILES string of the molecule is CC(=O)N1CCC(NC(=O)CN2CCC(c3c(C)[nH]c4ccccc34)CC2)CC1. The van der Waals surface area contributed by atoms with Gasteiger partial charge in [0.2, 0.25) is 11.8 Å². The van der Waals surface area contributed by atoms with Crippen molar-refractivity contribution in [2.75, 3.05) is 32.7 Å². The van der Waals surface area contributed by atoms with E-state index in [0.717, 1.165) is 51.9 Å². The molecule has 0 aliphatic carbocycles. The first-order valence-electron chi connectivity index (χ1n) is 10.9. The number of piperidine rings is 2. The number of para-hydroxylation sites is 1. The molecule has 3 heterocycles. The van der Waals surface area contributed by atoms with E-state index in [0.29, 0.717) is 12.5 Å². The lowest BCUT2D eigenvalue weighted by atomic mass is 9.87.